The number of aromatic nitrogens is 2. The molecule has 0 aromatic carbocycles. The zero-order chi connectivity index (χ0) is 13.3. The average molecular weight is 252 g/mol. The van der Waals surface area contributed by atoms with Crippen molar-refractivity contribution in [1.29, 1.82) is 0 Å². The first-order valence-electron chi connectivity index (χ1n) is 5.68. The van der Waals surface area contributed by atoms with Crippen molar-refractivity contribution in [3.63, 3.8) is 0 Å². The maximum absolute atomic E-state index is 11.7. The predicted octanol–water partition coefficient (Wildman–Crippen LogP) is -0.405. The standard InChI is InChI=1S/C11H16N4O3/c1-14(2)6-10(16)15-4-7(5-15)8-3-9(11(17)18)13-12-8/h3,7H,4-6H2,1-2H3,(H,12,13)(H,17,18). The smallest absolute Gasteiger partial charge is 0.356 e. The third kappa shape index (κ3) is 2.51. The summed E-state index contributed by atoms with van der Waals surface area (Å²) < 4.78 is 0. The van der Waals surface area contributed by atoms with Crippen LogP contribution in [0.3, 0.4) is 0 Å². The fourth-order valence-electron chi connectivity index (χ4n) is 1.90. The molecule has 0 radical (unpaired) electrons. The van der Waals surface area contributed by atoms with E-state index in [2.05, 4.69) is 10.2 Å². The van der Waals surface area contributed by atoms with Crippen molar-refractivity contribution in [2.75, 3.05) is 33.7 Å². The van der Waals surface area contributed by atoms with Crippen LogP contribution in [0.15, 0.2) is 6.07 Å². The molecule has 0 atom stereocenters. The number of hydrogen-bond acceptors (Lipinski definition) is 4. The van der Waals surface area contributed by atoms with Gasteiger partial charge in [0.25, 0.3) is 0 Å². The Balaban J connectivity index is 1.88. The molecule has 1 aliphatic heterocycles. The zero-order valence-electron chi connectivity index (χ0n) is 10.4. The Labute approximate surface area is 104 Å². The average Bonchev–Trinajstić information content (AvgIpc) is 2.62. The van der Waals surface area contributed by atoms with Gasteiger partial charge in [-0.15, -0.1) is 0 Å². The SMILES string of the molecule is CN(C)CC(=O)N1CC(c2cc(C(=O)O)n[nH]2)C1. The van der Waals surface area contributed by atoms with E-state index in [-0.39, 0.29) is 17.5 Å². The maximum atomic E-state index is 11.7. The molecule has 2 heterocycles. The summed E-state index contributed by atoms with van der Waals surface area (Å²) in [5.74, 6) is -0.789. The zero-order valence-corrected chi connectivity index (χ0v) is 10.4. The van der Waals surface area contributed by atoms with Crippen LogP contribution in [0.4, 0.5) is 0 Å². The van der Waals surface area contributed by atoms with Crippen LogP contribution in [0.5, 0.6) is 0 Å². The van der Waals surface area contributed by atoms with Gasteiger partial charge in [0.05, 0.1) is 6.54 Å². The molecule has 7 heteroatoms. The van der Waals surface area contributed by atoms with Crippen LogP contribution in [-0.2, 0) is 4.79 Å². The molecule has 0 saturated carbocycles. The number of likely N-dealkylation sites (N-methyl/N-ethyl adjacent to an activating group) is 1. The number of likely N-dealkylation sites (tertiary alicyclic amines) is 1. The lowest BCUT2D eigenvalue weighted by Gasteiger charge is -2.39. The number of carbonyl (C=O) groups excluding carboxylic acids is 1. The number of rotatable bonds is 4. The van der Waals surface area contributed by atoms with Gasteiger partial charge in [-0.2, -0.15) is 5.10 Å². The highest BCUT2D eigenvalue weighted by Gasteiger charge is 2.33. The number of aromatic carboxylic acids is 1. The molecular weight excluding hydrogens is 236 g/mol. The molecule has 1 aliphatic rings. The Morgan fingerprint density at radius 1 is 1.56 bits per heavy atom. The van der Waals surface area contributed by atoms with Gasteiger partial charge in [0.15, 0.2) is 5.69 Å². The summed E-state index contributed by atoms with van der Waals surface area (Å²) in [6.45, 7) is 1.64. The monoisotopic (exact) mass is 252 g/mol. The number of carboxylic acids is 1. The molecule has 18 heavy (non-hydrogen) atoms. The molecule has 7 nitrogen and oxygen atoms in total. The van der Waals surface area contributed by atoms with Crippen LogP contribution in [0, 0.1) is 0 Å². The minimum absolute atomic E-state index is 0.0167. The summed E-state index contributed by atoms with van der Waals surface area (Å²) in [5, 5.41) is 15.2. The van der Waals surface area contributed by atoms with Crippen molar-refractivity contribution in [3.05, 3.63) is 17.5 Å². The van der Waals surface area contributed by atoms with Crippen LogP contribution in [0.25, 0.3) is 0 Å². The molecule has 1 fully saturated rings. The van der Waals surface area contributed by atoms with Crippen molar-refractivity contribution < 1.29 is 14.7 Å². The normalized spacial score (nSPS) is 15.8. The van der Waals surface area contributed by atoms with Gasteiger partial charge >= 0.3 is 5.97 Å². The molecule has 2 N–H and O–H groups in total. The summed E-state index contributed by atoms with van der Waals surface area (Å²) in [6, 6.07) is 1.53. The topological polar surface area (TPSA) is 89.5 Å². The van der Waals surface area contributed by atoms with E-state index in [0.29, 0.717) is 19.6 Å². The molecule has 0 bridgehead atoms. The first kappa shape index (κ1) is 12.6. The quantitative estimate of drug-likeness (QED) is 0.760. The lowest BCUT2D eigenvalue weighted by Crippen LogP contribution is -2.51. The van der Waals surface area contributed by atoms with E-state index in [1.54, 1.807) is 4.90 Å². The third-order valence-electron chi connectivity index (χ3n) is 2.94. The van der Waals surface area contributed by atoms with Gasteiger partial charge in [0.2, 0.25) is 5.91 Å². The van der Waals surface area contributed by atoms with Crippen LogP contribution < -0.4 is 0 Å². The van der Waals surface area contributed by atoms with E-state index >= 15 is 0 Å². The second-order valence-electron chi connectivity index (χ2n) is 4.75. The summed E-state index contributed by atoms with van der Waals surface area (Å²) >= 11 is 0. The number of amides is 1. The van der Waals surface area contributed by atoms with Crippen LogP contribution >= 0.6 is 0 Å². The van der Waals surface area contributed by atoms with E-state index in [1.807, 2.05) is 19.0 Å². The number of H-pyrrole nitrogens is 1. The number of nitrogens with one attached hydrogen (secondary N) is 1. The molecule has 1 amide bonds. The van der Waals surface area contributed by atoms with Gasteiger partial charge in [-0.3, -0.25) is 9.89 Å². The third-order valence-corrected chi connectivity index (χ3v) is 2.94. The Hall–Kier alpha value is -1.89. The molecule has 2 rings (SSSR count). The summed E-state index contributed by atoms with van der Waals surface area (Å²) in [4.78, 5) is 26.0. The summed E-state index contributed by atoms with van der Waals surface area (Å²) in [6.07, 6.45) is 0. The van der Waals surface area contributed by atoms with Crippen molar-refractivity contribution in [2.45, 2.75) is 5.92 Å². The van der Waals surface area contributed by atoms with Crippen LogP contribution in [0.2, 0.25) is 0 Å². The molecular formula is C11H16N4O3. The first-order valence-corrected chi connectivity index (χ1v) is 5.68. The van der Waals surface area contributed by atoms with Crippen molar-refractivity contribution in [2.24, 2.45) is 0 Å². The van der Waals surface area contributed by atoms with Gasteiger partial charge in [-0.05, 0) is 20.2 Å². The van der Waals surface area contributed by atoms with Crippen molar-refractivity contribution >= 4 is 11.9 Å². The van der Waals surface area contributed by atoms with E-state index in [4.69, 9.17) is 5.11 Å². The van der Waals surface area contributed by atoms with Gasteiger partial charge in [0.1, 0.15) is 0 Å². The van der Waals surface area contributed by atoms with Crippen molar-refractivity contribution in [1.82, 2.24) is 20.0 Å². The van der Waals surface area contributed by atoms with E-state index in [1.165, 1.54) is 6.07 Å². The first-order chi connectivity index (χ1) is 8.47. The van der Waals surface area contributed by atoms with E-state index < -0.39 is 5.97 Å². The maximum Gasteiger partial charge on any atom is 0.356 e. The molecule has 0 spiro atoms. The molecule has 1 aromatic heterocycles. The Morgan fingerprint density at radius 2 is 2.22 bits per heavy atom. The summed E-state index contributed by atoms with van der Waals surface area (Å²) in [5.41, 5.74) is 0.796. The number of aromatic amines is 1. The highest BCUT2D eigenvalue weighted by atomic mass is 16.4. The lowest BCUT2D eigenvalue weighted by atomic mass is 9.96. The predicted molar refractivity (Wildman–Crippen MR) is 63.4 cm³/mol. The number of carboxylic acid groups (broad SMARTS) is 1. The highest BCUT2D eigenvalue weighted by Crippen LogP contribution is 2.25. The minimum atomic E-state index is -1.04. The largest absolute Gasteiger partial charge is 0.476 e. The fraction of sp³-hybridized carbons (Fsp3) is 0.545. The lowest BCUT2D eigenvalue weighted by molar-refractivity contribution is -0.136. The van der Waals surface area contributed by atoms with Crippen LogP contribution in [0.1, 0.15) is 22.1 Å². The van der Waals surface area contributed by atoms with Gasteiger partial charge in [-0.25, -0.2) is 4.79 Å². The molecule has 1 aromatic rings. The van der Waals surface area contributed by atoms with E-state index in [0.717, 1.165) is 5.69 Å². The van der Waals surface area contributed by atoms with Gasteiger partial charge in [0, 0.05) is 24.7 Å². The summed E-state index contributed by atoms with van der Waals surface area (Å²) in [7, 11) is 3.70. The molecule has 0 unspecified atom stereocenters. The number of hydrogen-bond donors (Lipinski definition) is 2. The van der Waals surface area contributed by atoms with Crippen molar-refractivity contribution in [3.8, 4) is 0 Å². The second kappa shape index (κ2) is 4.77. The minimum Gasteiger partial charge on any atom is -0.476 e. The highest BCUT2D eigenvalue weighted by molar-refractivity contribution is 5.85. The Bertz CT molecular complexity index is 463. The second-order valence-corrected chi connectivity index (χ2v) is 4.75. The Morgan fingerprint density at radius 3 is 2.72 bits per heavy atom. The van der Waals surface area contributed by atoms with E-state index in [9.17, 15) is 9.59 Å². The molecule has 98 valence electrons. The molecule has 1 saturated heterocycles. The van der Waals surface area contributed by atoms with Gasteiger partial charge in [-0.1, -0.05) is 0 Å². The Kier molecular flexibility index (Phi) is 3.33. The number of carbonyl (C=O) groups is 2. The van der Waals surface area contributed by atoms with Crippen LogP contribution in [-0.4, -0.2) is 70.7 Å². The fourth-order valence-corrected chi connectivity index (χ4v) is 1.90. The number of nitrogens with zero attached hydrogens (tertiary/aromatic N) is 3. The molecule has 0 aliphatic carbocycles. The van der Waals surface area contributed by atoms with Gasteiger partial charge < -0.3 is 14.9 Å².